The van der Waals surface area contributed by atoms with Crippen LogP contribution in [0.4, 0.5) is 0 Å². The van der Waals surface area contributed by atoms with E-state index in [1.165, 1.54) is 19.3 Å². The first kappa shape index (κ1) is 12.9. The summed E-state index contributed by atoms with van der Waals surface area (Å²) in [6, 6.07) is -0.0463. The van der Waals surface area contributed by atoms with E-state index in [4.69, 9.17) is 0 Å². The predicted octanol–water partition coefficient (Wildman–Crippen LogP) is 1.55. The lowest BCUT2D eigenvalue weighted by atomic mass is 9.83. The molecule has 1 N–H and O–H groups in total. The van der Waals surface area contributed by atoms with Crippen LogP contribution >= 0.6 is 0 Å². The second-order valence-corrected chi connectivity index (χ2v) is 7.57. The molecule has 3 fully saturated rings. The van der Waals surface area contributed by atoms with E-state index < -0.39 is 0 Å². The Morgan fingerprint density at radius 3 is 2.42 bits per heavy atom. The molecular weight excluding hydrogens is 240 g/mol. The number of hydrogen-bond donors (Lipinski definition) is 1. The number of piperazine rings is 1. The summed E-state index contributed by atoms with van der Waals surface area (Å²) in [5.41, 5.74) is -0.219. The van der Waals surface area contributed by atoms with Gasteiger partial charge >= 0.3 is 0 Å². The highest BCUT2D eigenvalue weighted by Crippen LogP contribution is 2.47. The zero-order chi connectivity index (χ0) is 13.8. The van der Waals surface area contributed by atoms with E-state index in [9.17, 15) is 9.59 Å². The van der Waals surface area contributed by atoms with Crippen molar-refractivity contribution in [2.75, 3.05) is 6.54 Å². The maximum absolute atomic E-state index is 12.7. The van der Waals surface area contributed by atoms with Crippen molar-refractivity contribution in [1.29, 1.82) is 0 Å². The van der Waals surface area contributed by atoms with Gasteiger partial charge in [-0.1, -0.05) is 27.2 Å². The number of amides is 2. The van der Waals surface area contributed by atoms with E-state index in [0.29, 0.717) is 12.0 Å². The molecule has 4 heteroatoms. The number of fused-ring (bicyclic) bond motifs is 2. The summed E-state index contributed by atoms with van der Waals surface area (Å²) in [5, 5.41) is 2.87. The number of rotatable bonds is 1. The fourth-order valence-corrected chi connectivity index (χ4v) is 4.13. The monoisotopic (exact) mass is 264 g/mol. The minimum atomic E-state index is -0.368. The summed E-state index contributed by atoms with van der Waals surface area (Å²) in [7, 11) is 0. The molecule has 0 aromatic rings. The normalized spacial score (nSPS) is 38.8. The van der Waals surface area contributed by atoms with Crippen molar-refractivity contribution in [3.63, 3.8) is 0 Å². The van der Waals surface area contributed by atoms with Crippen LogP contribution in [0.3, 0.4) is 0 Å². The minimum absolute atomic E-state index is 0.00213. The molecule has 106 valence electrons. The Kier molecular flexibility index (Phi) is 2.88. The standard InChI is InChI=1S/C15H24N2O2/c1-15(2,3)13-14(19)17(8-12(18)16-13)11-7-9-4-5-10(11)6-9/h9-11,13H,4-8H2,1-3H3,(H,16,18). The molecule has 0 spiro atoms. The van der Waals surface area contributed by atoms with Crippen molar-refractivity contribution in [1.82, 2.24) is 10.2 Å². The van der Waals surface area contributed by atoms with Gasteiger partial charge in [0.15, 0.2) is 0 Å². The van der Waals surface area contributed by atoms with E-state index in [-0.39, 0.29) is 29.8 Å². The van der Waals surface area contributed by atoms with Crippen LogP contribution in [-0.4, -0.2) is 35.3 Å². The van der Waals surface area contributed by atoms with E-state index in [1.54, 1.807) is 0 Å². The lowest BCUT2D eigenvalue weighted by Gasteiger charge is -2.43. The molecule has 0 radical (unpaired) electrons. The van der Waals surface area contributed by atoms with Crippen LogP contribution < -0.4 is 5.32 Å². The lowest BCUT2D eigenvalue weighted by Crippen LogP contribution is -2.64. The Hall–Kier alpha value is -1.06. The van der Waals surface area contributed by atoms with Crippen molar-refractivity contribution in [3.05, 3.63) is 0 Å². The summed E-state index contributed by atoms with van der Waals surface area (Å²) in [5.74, 6) is 1.56. The van der Waals surface area contributed by atoms with Crippen LogP contribution in [0.2, 0.25) is 0 Å². The number of carbonyl (C=O) groups is 2. The SMILES string of the molecule is CC(C)(C)C1NC(=O)CN(C2CC3CCC2C3)C1=O. The summed E-state index contributed by atoms with van der Waals surface area (Å²) >= 11 is 0. The van der Waals surface area contributed by atoms with Gasteiger partial charge in [0.25, 0.3) is 0 Å². The fraction of sp³-hybridized carbons (Fsp3) is 0.867. The van der Waals surface area contributed by atoms with Gasteiger partial charge in [-0.05, 0) is 36.5 Å². The molecule has 0 aromatic heterocycles. The molecule has 2 bridgehead atoms. The molecule has 4 atom stereocenters. The number of hydrogen-bond acceptors (Lipinski definition) is 2. The minimum Gasteiger partial charge on any atom is -0.342 e. The molecule has 2 aliphatic carbocycles. The Morgan fingerprint density at radius 2 is 1.89 bits per heavy atom. The third-order valence-corrected chi connectivity index (χ3v) is 5.12. The van der Waals surface area contributed by atoms with Gasteiger partial charge in [0.1, 0.15) is 6.04 Å². The van der Waals surface area contributed by atoms with Crippen molar-refractivity contribution in [2.45, 2.75) is 58.5 Å². The van der Waals surface area contributed by atoms with Gasteiger partial charge in [-0.25, -0.2) is 0 Å². The van der Waals surface area contributed by atoms with Gasteiger partial charge in [-0.2, -0.15) is 0 Å². The molecule has 1 heterocycles. The molecule has 3 aliphatic rings. The van der Waals surface area contributed by atoms with Crippen LogP contribution in [0.15, 0.2) is 0 Å². The average molecular weight is 264 g/mol. The third kappa shape index (κ3) is 2.15. The topological polar surface area (TPSA) is 49.4 Å². The first-order valence-corrected chi connectivity index (χ1v) is 7.46. The van der Waals surface area contributed by atoms with Gasteiger partial charge < -0.3 is 10.2 Å². The molecule has 2 amide bonds. The highest BCUT2D eigenvalue weighted by Gasteiger charge is 2.48. The van der Waals surface area contributed by atoms with Crippen LogP contribution in [-0.2, 0) is 9.59 Å². The lowest BCUT2D eigenvalue weighted by molar-refractivity contribution is -0.150. The van der Waals surface area contributed by atoms with Gasteiger partial charge in [0.2, 0.25) is 11.8 Å². The van der Waals surface area contributed by atoms with Crippen LogP contribution in [0.25, 0.3) is 0 Å². The molecule has 1 saturated heterocycles. The summed E-state index contributed by atoms with van der Waals surface area (Å²) < 4.78 is 0. The number of nitrogens with zero attached hydrogens (tertiary/aromatic N) is 1. The van der Waals surface area contributed by atoms with E-state index in [1.807, 2.05) is 25.7 Å². The molecule has 3 rings (SSSR count). The zero-order valence-electron chi connectivity index (χ0n) is 12.1. The number of carbonyl (C=O) groups excluding carboxylic acids is 2. The number of nitrogens with one attached hydrogen (secondary N) is 1. The predicted molar refractivity (Wildman–Crippen MR) is 72.3 cm³/mol. The summed E-state index contributed by atoms with van der Waals surface area (Å²) in [4.78, 5) is 26.5. The molecule has 0 aromatic carbocycles. The van der Waals surface area contributed by atoms with E-state index >= 15 is 0 Å². The first-order chi connectivity index (χ1) is 8.86. The van der Waals surface area contributed by atoms with Crippen molar-refractivity contribution in [2.24, 2.45) is 17.3 Å². The second-order valence-electron chi connectivity index (χ2n) is 7.57. The third-order valence-electron chi connectivity index (χ3n) is 5.12. The molecule has 2 saturated carbocycles. The van der Waals surface area contributed by atoms with Gasteiger partial charge in [0, 0.05) is 6.04 Å². The second kappa shape index (κ2) is 4.22. The summed E-state index contributed by atoms with van der Waals surface area (Å²) in [6.07, 6.45) is 4.93. The Morgan fingerprint density at radius 1 is 1.16 bits per heavy atom. The van der Waals surface area contributed by atoms with Gasteiger partial charge in [-0.3, -0.25) is 9.59 Å². The molecule has 4 unspecified atom stereocenters. The molecule has 4 nitrogen and oxygen atoms in total. The Bertz CT molecular complexity index is 413. The Labute approximate surface area is 114 Å². The van der Waals surface area contributed by atoms with Gasteiger partial charge in [0.05, 0.1) is 6.54 Å². The maximum Gasteiger partial charge on any atom is 0.246 e. The molecule has 19 heavy (non-hydrogen) atoms. The van der Waals surface area contributed by atoms with Crippen LogP contribution in [0, 0.1) is 17.3 Å². The quantitative estimate of drug-likeness (QED) is 0.781. The van der Waals surface area contributed by atoms with Crippen molar-refractivity contribution < 1.29 is 9.59 Å². The van der Waals surface area contributed by atoms with Gasteiger partial charge in [-0.15, -0.1) is 0 Å². The molecular formula is C15H24N2O2. The zero-order valence-corrected chi connectivity index (χ0v) is 12.1. The van der Waals surface area contributed by atoms with Crippen LogP contribution in [0.1, 0.15) is 46.5 Å². The fourth-order valence-electron chi connectivity index (χ4n) is 4.13. The largest absolute Gasteiger partial charge is 0.342 e. The first-order valence-electron chi connectivity index (χ1n) is 7.46. The summed E-state index contributed by atoms with van der Waals surface area (Å²) in [6.45, 7) is 6.31. The smallest absolute Gasteiger partial charge is 0.246 e. The van der Waals surface area contributed by atoms with Crippen molar-refractivity contribution >= 4 is 11.8 Å². The highest BCUT2D eigenvalue weighted by molar-refractivity contribution is 5.95. The van der Waals surface area contributed by atoms with Crippen molar-refractivity contribution in [3.8, 4) is 0 Å². The van der Waals surface area contributed by atoms with E-state index in [0.717, 1.165) is 12.3 Å². The maximum atomic E-state index is 12.7. The molecule has 1 aliphatic heterocycles. The highest BCUT2D eigenvalue weighted by atomic mass is 16.2. The average Bonchev–Trinajstić information content (AvgIpc) is 2.92. The Balaban J connectivity index is 1.81. The van der Waals surface area contributed by atoms with E-state index in [2.05, 4.69) is 5.32 Å². The van der Waals surface area contributed by atoms with Crippen LogP contribution in [0.5, 0.6) is 0 Å².